The summed E-state index contributed by atoms with van der Waals surface area (Å²) in [5.41, 5.74) is 0.551. The molecule has 1 aromatic carbocycles. The molecule has 3 rings (SSSR count). The van der Waals surface area contributed by atoms with Gasteiger partial charge in [-0.1, -0.05) is 6.07 Å². The zero-order valence-electron chi connectivity index (χ0n) is 12.7. The fraction of sp³-hybridized carbons (Fsp3) is 0.312. The van der Waals surface area contributed by atoms with E-state index in [0.29, 0.717) is 24.3 Å². The zero-order chi connectivity index (χ0) is 17.2. The van der Waals surface area contributed by atoms with E-state index in [-0.39, 0.29) is 12.4 Å². The molecule has 1 saturated carbocycles. The van der Waals surface area contributed by atoms with E-state index in [1.165, 1.54) is 18.9 Å². The van der Waals surface area contributed by atoms with Gasteiger partial charge in [-0.2, -0.15) is 0 Å². The van der Waals surface area contributed by atoms with Crippen LogP contribution in [0.3, 0.4) is 0 Å². The van der Waals surface area contributed by atoms with Gasteiger partial charge in [0.05, 0.1) is 12.3 Å². The first-order valence-electron chi connectivity index (χ1n) is 7.45. The van der Waals surface area contributed by atoms with Crippen molar-refractivity contribution >= 4 is 15.8 Å². The third-order valence-electron chi connectivity index (χ3n) is 3.53. The highest BCUT2D eigenvalue weighted by molar-refractivity contribution is 7.92. The van der Waals surface area contributed by atoms with Crippen LogP contribution in [-0.2, 0) is 21.4 Å². The van der Waals surface area contributed by atoms with E-state index >= 15 is 0 Å². The Morgan fingerprint density at radius 1 is 1.21 bits per heavy atom. The fourth-order valence-electron chi connectivity index (χ4n) is 2.11. The van der Waals surface area contributed by atoms with Crippen LogP contribution in [0.4, 0.5) is 14.6 Å². The molecule has 5 nitrogen and oxygen atoms in total. The molecule has 1 fully saturated rings. The van der Waals surface area contributed by atoms with Crippen LogP contribution in [0, 0.1) is 17.6 Å². The van der Waals surface area contributed by atoms with E-state index < -0.39 is 26.6 Å². The predicted molar refractivity (Wildman–Crippen MR) is 83.8 cm³/mol. The first-order chi connectivity index (χ1) is 11.4. The Morgan fingerprint density at radius 2 is 2.00 bits per heavy atom. The Kier molecular flexibility index (Phi) is 4.77. The van der Waals surface area contributed by atoms with E-state index in [1.807, 2.05) is 0 Å². The SMILES string of the molecule is O=S(=O)(Nc1cccc(COCC2CC2)n1)c1cc(F)ccc1F. The molecule has 0 amide bonds. The van der Waals surface area contributed by atoms with Gasteiger partial charge in [-0.15, -0.1) is 0 Å². The summed E-state index contributed by atoms with van der Waals surface area (Å²) in [5, 5.41) is 0. The lowest BCUT2D eigenvalue weighted by molar-refractivity contribution is 0.109. The molecule has 0 bridgehead atoms. The molecule has 128 valence electrons. The first-order valence-corrected chi connectivity index (χ1v) is 8.94. The summed E-state index contributed by atoms with van der Waals surface area (Å²) in [6, 6.07) is 6.99. The second-order valence-electron chi connectivity index (χ2n) is 5.65. The van der Waals surface area contributed by atoms with Crippen molar-refractivity contribution in [3.63, 3.8) is 0 Å². The summed E-state index contributed by atoms with van der Waals surface area (Å²) < 4.78 is 58.9. The topological polar surface area (TPSA) is 68.3 Å². The fourth-order valence-corrected chi connectivity index (χ4v) is 3.20. The zero-order valence-corrected chi connectivity index (χ0v) is 13.5. The monoisotopic (exact) mass is 354 g/mol. The molecular formula is C16H16F2N2O3S. The molecule has 24 heavy (non-hydrogen) atoms. The minimum Gasteiger partial charge on any atom is -0.375 e. The van der Waals surface area contributed by atoms with Crippen molar-refractivity contribution < 1.29 is 21.9 Å². The van der Waals surface area contributed by atoms with E-state index in [4.69, 9.17) is 4.74 Å². The maximum absolute atomic E-state index is 13.7. The van der Waals surface area contributed by atoms with Crippen molar-refractivity contribution in [1.29, 1.82) is 0 Å². The van der Waals surface area contributed by atoms with Crippen LogP contribution < -0.4 is 4.72 Å². The molecule has 1 aromatic heterocycles. The van der Waals surface area contributed by atoms with E-state index in [0.717, 1.165) is 12.1 Å². The molecule has 1 heterocycles. The molecule has 0 atom stereocenters. The van der Waals surface area contributed by atoms with Crippen molar-refractivity contribution in [2.45, 2.75) is 24.3 Å². The van der Waals surface area contributed by atoms with E-state index in [1.54, 1.807) is 12.1 Å². The summed E-state index contributed by atoms with van der Waals surface area (Å²) in [6.07, 6.45) is 2.35. The molecule has 0 aliphatic heterocycles. The number of ether oxygens (including phenoxy) is 1. The predicted octanol–water partition coefficient (Wildman–Crippen LogP) is 3.09. The van der Waals surface area contributed by atoms with Crippen molar-refractivity contribution in [2.75, 3.05) is 11.3 Å². The van der Waals surface area contributed by atoms with Gasteiger partial charge in [-0.05, 0) is 49.1 Å². The highest BCUT2D eigenvalue weighted by atomic mass is 32.2. The third-order valence-corrected chi connectivity index (χ3v) is 4.90. The third kappa shape index (κ3) is 4.27. The number of anilines is 1. The lowest BCUT2D eigenvalue weighted by Crippen LogP contribution is -2.16. The quantitative estimate of drug-likeness (QED) is 0.830. The molecule has 1 N–H and O–H groups in total. The summed E-state index contributed by atoms with van der Waals surface area (Å²) in [6.45, 7) is 0.923. The Hall–Kier alpha value is -2.06. The number of aromatic nitrogens is 1. The maximum Gasteiger partial charge on any atom is 0.266 e. The largest absolute Gasteiger partial charge is 0.375 e. The molecule has 0 unspecified atom stereocenters. The van der Waals surface area contributed by atoms with Gasteiger partial charge < -0.3 is 4.74 Å². The van der Waals surface area contributed by atoms with Crippen LogP contribution >= 0.6 is 0 Å². The number of halogens is 2. The molecular weight excluding hydrogens is 338 g/mol. The number of benzene rings is 1. The van der Waals surface area contributed by atoms with Gasteiger partial charge in [0.1, 0.15) is 22.3 Å². The normalized spacial score (nSPS) is 14.6. The van der Waals surface area contributed by atoms with Crippen molar-refractivity contribution in [3.8, 4) is 0 Å². The van der Waals surface area contributed by atoms with Gasteiger partial charge in [0.2, 0.25) is 0 Å². The highest BCUT2D eigenvalue weighted by Crippen LogP contribution is 2.29. The number of rotatable bonds is 7. The molecule has 2 aromatic rings. The van der Waals surface area contributed by atoms with Gasteiger partial charge in [-0.25, -0.2) is 22.2 Å². The van der Waals surface area contributed by atoms with E-state index in [2.05, 4.69) is 9.71 Å². The van der Waals surface area contributed by atoms with Crippen LogP contribution in [0.25, 0.3) is 0 Å². The van der Waals surface area contributed by atoms with Gasteiger partial charge >= 0.3 is 0 Å². The molecule has 1 aliphatic rings. The van der Waals surface area contributed by atoms with E-state index in [9.17, 15) is 17.2 Å². The first kappa shape index (κ1) is 16.8. The summed E-state index contributed by atoms with van der Waals surface area (Å²) >= 11 is 0. The Labute approximate surface area is 138 Å². The van der Waals surface area contributed by atoms with Crippen LogP contribution in [0.1, 0.15) is 18.5 Å². The number of nitrogens with zero attached hydrogens (tertiary/aromatic N) is 1. The Morgan fingerprint density at radius 3 is 2.75 bits per heavy atom. The van der Waals surface area contributed by atoms with Gasteiger partial charge in [0, 0.05) is 6.61 Å². The van der Waals surface area contributed by atoms with Crippen molar-refractivity contribution in [2.24, 2.45) is 5.92 Å². The number of pyridine rings is 1. The summed E-state index contributed by atoms with van der Waals surface area (Å²) in [4.78, 5) is 3.36. The smallest absolute Gasteiger partial charge is 0.266 e. The van der Waals surface area contributed by atoms with Gasteiger partial charge in [-0.3, -0.25) is 4.72 Å². The average molecular weight is 354 g/mol. The number of nitrogens with one attached hydrogen (secondary N) is 1. The number of sulfonamides is 1. The molecule has 0 spiro atoms. The molecule has 1 aliphatic carbocycles. The number of hydrogen-bond acceptors (Lipinski definition) is 4. The van der Waals surface area contributed by atoms with Gasteiger partial charge in [0.15, 0.2) is 0 Å². The van der Waals surface area contributed by atoms with Gasteiger partial charge in [0.25, 0.3) is 10.0 Å². The molecule has 8 heteroatoms. The summed E-state index contributed by atoms with van der Waals surface area (Å²) in [7, 11) is -4.28. The summed E-state index contributed by atoms with van der Waals surface area (Å²) in [5.74, 6) is -1.24. The van der Waals surface area contributed by atoms with Crippen LogP contribution in [0.5, 0.6) is 0 Å². The Bertz CT molecular complexity index is 839. The van der Waals surface area contributed by atoms with Crippen molar-refractivity contribution in [1.82, 2.24) is 4.98 Å². The average Bonchev–Trinajstić information content (AvgIpc) is 3.34. The van der Waals surface area contributed by atoms with Crippen molar-refractivity contribution in [3.05, 3.63) is 53.7 Å². The molecule has 0 saturated heterocycles. The standard InChI is InChI=1S/C16H16F2N2O3S/c17-12-6-7-14(18)15(8-12)24(21,22)20-16-3-1-2-13(19-16)10-23-9-11-4-5-11/h1-3,6-8,11H,4-5,9-10H2,(H,19,20). The maximum atomic E-state index is 13.7. The lowest BCUT2D eigenvalue weighted by Gasteiger charge is -2.10. The minimum absolute atomic E-state index is 0.0196. The second-order valence-corrected chi connectivity index (χ2v) is 7.30. The lowest BCUT2D eigenvalue weighted by atomic mass is 10.3. The van der Waals surface area contributed by atoms with Crippen LogP contribution in [0.15, 0.2) is 41.3 Å². The number of hydrogen-bond donors (Lipinski definition) is 1. The van der Waals surface area contributed by atoms with Crippen LogP contribution in [0.2, 0.25) is 0 Å². The molecule has 0 radical (unpaired) electrons. The highest BCUT2D eigenvalue weighted by Gasteiger charge is 2.22. The Balaban J connectivity index is 1.73. The minimum atomic E-state index is -4.28. The van der Waals surface area contributed by atoms with Crippen LogP contribution in [-0.4, -0.2) is 20.0 Å². The second kappa shape index (κ2) is 6.82.